The van der Waals surface area contributed by atoms with Gasteiger partial charge in [-0.05, 0) is 37.5 Å². The van der Waals surface area contributed by atoms with Crippen molar-refractivity contribution in [2.45, 2.75) is 44.6 Å². The van der Waals surface area contributed by atoms with Crippen molar-refractivity contribution in [1.29, 1.82) is 0 Å². The van der Waals surface area contributed by atoms with Crippen LogP contribution < -0.4 is 5.73 Å². The lowest BCUT2D eigenvalue weighted by Gasteiger charge is -2.20. The number of nitrogen functional groups attached to an aromatic ring is 1. The summed E-state index contributed by atoms with van der Waals surface area (Å²) in [6.45, 7) is 2.96. The molecule has 1 aliphatic rings. The second-order valence-corrected chi connectivity index (χ2v) is 5.76. The average Bonchev–Trinajstić information content (AvgIpc) is 3.20. The number of rotatable bonds is 6. The first-order valence-electron chi connectivity index (χ1n) is 7.51. The third-order valence-electron chi connectivity index (χ3n) is 4.03. The molecule has 1 aromatic carbocycles. The van der Waals surface area contributed by atoms with Gasteiger partial charge in [0.05, 0.1) is 23.7 Å². The van der Waals surface area contributed by atoms with Gasteiger partial charge in [0.2, 0.25) is 0 Å². The zero-order valence-corrected chi connectivity index (χ0v) is 12.3. The molecule has 0 spiro atoms. The van der Waals surface area contributed by atoms with Crippen LogP contribution in [0.3, 0.4) is 0 Å². The number of benzene rings is 1. The highest BCUT2D eigenvalue weighted by Crippen LogP contribution is 2.42. The number of nitrogens with zero attached hydrogens (tertiary/aromatic N) is 2. The molecule has 0 aliphatic heterocycles. The molecule has 0 bridgehead atoms. The summed E-state index contributed by atoms with van der Waals surface area (Å²) in [6, 6.07) is 6.41. The Hall–Kier alpha value is -1.55. The van der Waals surface area contributed by atoms with Crippen molar-refractivity contribution in [3.05, 3.63) is 24.0 Å². The van der Waals surface area contributed by atoms with E-state index in [1.165, 1.54) is 24.2 Å². The number of hydrogen-bond acceptors (Lipinski definition) is 3. The zero-order chi connectivity index (χ0) is 14.1. The molecule has 2 aromatic rings. The molecule has 1 fully saturated rings. The Kier molecular flexibility index (Phi) is 3.66. The third kappa shape index (κ3) is 2.40. The number of anilines is 1. The normalized spacial score (nSPS) is 16.7. The van der Waals surface area contributed by atoms with Crippen molar-refractivity contribution in [1.82, 2.24) is 9.55 Å². The summed E-state index contributed by atoms with van der Waals surface area (Å²) in [4.78, 5) is 4.85. The summed E-state index contributed by atoms with van der Waals surface area (Å²) < 4.78 is 7.84. The molecule has 1 aliphatic carbocycles. The molecule has 4 heteroatoms. The van der Waals surface area contributed by atoms with Gasteiger partial charge in [-0.3, -0.25) is 0 Å². The largest absolute Gasteiger partial charge is 0.399 e. The fourth-order valence-electron chi connectivity index (χ4n) is 2.96. The number of imidazole rings is 1. The van der Waals surface area contributed by atoms with Gasteiger partial charge < -0.3 is 15.0 Å². The smallest absolute Gasteiger partial charge is 0.113 e. The monoisotopic (exact) mass is 273 g/mol. The molecule has 1 aromatic heterocycles. The highest BCUT2D eigenvalue weighted by Gasteiger charge is 2.31. The van der Waals surface area contributed by atoms with E-state index in [2.05, 4.69) is 17.6 Å². The summed E-state index contributed by atoms with van der Waals surface area (Å²) in [5.74, 6) is 1.85. The van der Waals surface area contributed by atoms with E-state index < -0.39 is 0 Å². The maximum Gasteiger partial charge on any atom is 0.113 e. The van der Waals surface area contributed by atoms with Crippen molar-refractivity contribution in [2.24, 2.45) is 0 Å². The van der Waals surface area contributed by atoms with Crippen LogP contribution in [0.15, 0.2) is 18.2 Å². The Labute approximate surface area is 119 Å². The number of fused-ring (bicyclic) bond motifs is 1. The van der Waals surface area contributed by atoms with Gasteiger partial charge in [-0.15, -0.1) is 0 Å². The second-order valence-electron chi connectivity index (χ2n) is 5.76. The first-order valence-corrected chi connectivity index (χ1v) is 7.51. The SMILES string of the molecule is CCCC(COC)n1c(C2CC2)nc2cc(N)ccc21. The molecule has 20 heavy (non-hydrogen) atoms. The average molecular weight is 273 g/mol. The molecule has 0 radical (unpaired) electrons. The Bertz CT molecular complexity index is 595. The van der Waals surface area contributed by atoms with E-state index in [9.17, 15) is 0 Å². The lowest BCUT2D eigenvalue weighted by Crippen LogP contribution is -2.17. The standard InChI is InChI=1S/C16H23N3O/c1-3-4-13(10-20-2)19-15-8-7-12(17)9-14(15)18-16(19)11-5-6-11/h7-9,11,13H,3-6,10,17H2,1-2H3. The van der Waals surface area contributed by atoms with Crippen molar-refractivity contribution in [3.63, 3.8) is 0 Å². The molecule has 1 saturated carbocycles. The Morgan fingerprint density at radius 2 is 2.25 bits per heavy atom. The first kappa shape index (κ1) is 13.4. The van der Waals surface area contributed by atoms with Crippen molar-refractivity contribution in [2.75, 3.05) is 19.5 Å². The second kappa shape index (κ2) is 5.44. The van der Waals surface area contributed by atoms with Gasteiger partial charge in [-0.1, -0.05) is 13.3 Å². The maximum absolute atomic E-state index is 5.89. The van der Waals surface area contributed by atoms with E-state index >= 15 is 0 Å². The van der Waals surface area contributed by atoms with Crippen LogP contribution in [-0.2, 0) is 4.74 Å². The number of hydrogen-bond donors (Lipinski definition) is 1. The summed E-state index contributed by atoms with van der Waals surface area (Å²) in [5, 5.41) is 0. The van der Waals surface area contributed by atoms with Crippen molar-refractivity contribution < 1.29 is 4.74 Å². The van der Waals surface area contributed by atoms with Gasteiger partial charge in [0.15, 0.2) is 0 Å². The third-order valence-corrected chi connectivity index (χ3v) is 4.03. The molecule has 0 saturated heterocycles. The molecule has 3 rings (SSSR count). The highest BCUT2D eigenvalue weighted by molar-refractivity contribution is 5.80. The number of nitrogens with two attached hydrogens (primary N) is 1. The van der Waals surface area contributed by atoms with Crippen LogP contribution in [0.4, 0.5) is 5.69 Å². The fourth-order valence-corrected chi connectivity index (χ4v) is 2.96. The topological polar surface area (TPSA) is 53.1 Å². The van der Waals surface area contributed by atoms with Crippen LogP contribution >= 0.6 is 0 Å². The lowest BCUT2D eigenvalue weighted by molar-refractivity contribution is 0.150. The van der Waals surface area contributed by atoms with E-state index in [-0.39, 0.29) is 0 Å². The van der Waals surface area contributed by atoms with Gasteiger partial charge in [0.1, 0.15) is 5.82 Å². The molecule has 1 unspecified atom stereocenters. The highest BCUT2D eigenvalue weighted by atomic mass is 16.5. The predicted octanol–water partition coefficient (Wildman–Crippen LogP) is 3.48. The van der Waals surface area contributed by atoms with E-state index in [1.54, 1.807) is 7.11 Å². The summed E-state index contributed by atoms with van der Waals surface area (Å²) in [6.07, 6.45) is 4.77. The van der Waals surface area contributed by atoms with E-state index in [0.29, 0.717) is 12.0 Å². The minimum absolute atomic E-state index is 0.370. The summed E-state index contributed by atoms with van der Waals surface area (Å²) >= 11 is 0. The first-order chi connectivity index (χ1) is 9.74. The zero-order valence-electron chi connectivity index (χ0n) is 12.3. The van der Waals surface area contributed by atoms with Crippen LogP contribution in [0.5, 0.6) is 0 Å². The molecule has 4 nitrogen and oxygen atoms in total. The van der Waals surface area contributed by atoms with Gasteiger partial charge >= 0.3 is 0 Å². The summed E-state index contributed by atoms with van der Waals surface area (Å²) in [7, 11) is 1.77. The number of ether oxygens (including phenoxy) is 1. The molecular formula is C16H23N3O. The maximum atomic E-state index is 5.89. The van der Waals surface area contributed by atoms with Gasteiger partial charge in [-0.2, -0.15) is 0 Å². The van der Waals surface area contributed by atoms with E-state index in [1.807, 2.05) is 12.1 Å². The van der Waals surface area contributed by atoms with Crippen LogP contribution in [0, 0.1) is 0 Å². The quantitative estimate of drug-likeness (QED) is 0.820. The van der Waals surface area contributed by atoms with Gasteiger partial charge in [0.25, 0.3) is 0 Å². The Morgan fingerprint density at radius 1 is 1.45 bits per heavy atom. The minimum Gasteiger partial charge on any atom is -0.399 e. The molecule has 0 amide bonds. The van der Waals surface area contributed by atoms with Crippen LogP contribution in [0.25, 0.3) is 11.0 Å². The molecule has 108 valence electrons. The fraction of sp³-hybridized carbons (Fsp3) is 0.562. The minimum atomic E-state index is 0.370. The van der Waals surface area contributed by atoms with Crippen LogP contribution in [-0.4, -0.2) is 23.3 Å². The molecule has 2 N–H and O–H groups in total. The van der Waals surface area contributed by atoms with E-state index in [0.717, 1.165) is 30.7 Å². The summed E-state index contributed by atoms with van der Waals surface area (Å²) in [5.41, 5.74) is 8.88. The van der Waals surface area contributed by atoms with Crippen molar-refractivity contribution >= 4 is 16.7 Å². The van der Waals surface area contributed by atoms with Crippen LogP contribution in [0.1, 0.15) is 50.4 Å². The number of methoxy groups -OCH3 is 1. The Morgan fingerprint density at radius 3 is 2.90 bits per heavy atom. The van der Waals surface area contributed by atoms with E-state index in [4.69, 9.17) is 15.5 Å². The lowest BCUT2D eigenvalue weighted by atomic mass is 10.1. The molecule has 1 heterocycles. The molecule has 1 atom stereocenters. The van der Waals surface area contributed by atoms with Gasteiger partial charge in [0, 0.05) is 18.7 Å². The predicted molar refractivity (Wildman–Crippen MR) is 81.9 cm³/mol. The van der Waals surface area contributed by atoms with Crippen molar-refractivity contribution in [3.8, 4) is 0 Å². The Balaban J connectivity index is 2.11. The van der Waals surface area contributed by atoms with Crippen LogP contribution in [0.2, 0.25) is 0 Å². The number of aromatic nitrogens is 2. The molecular weight excluding hydrogens is 250 g/mol. The van der Waals surface area contributed by atoms with Gasteiger partial charge in [-0.25, -0.2) is 4.98 Å².